The first-order valence-electron chi connectivity index (χ1n) is 27.4. The van der Waals surface area contributed by atoms with Gasteiger partial charge in [-0.25, -0.2) is 0 Å². The number of ether oxygens (including phenoxy) is 3. The van der Waals surface area contributed by atoms with Gasteiger partial charge in [-0.15, -0.1) is 0 Å². The van der Waals surface area contributed by atoms with Gasteiger partial charge in [-0.3, -0.25) is 14.4 Å². The van der Waals surface area contributed by atoms with Gasteiger partial charge in [0.05, 0.1) is 0 Å². The summed E-state index contributed by atoms with van der Waals surface area (Å²) >= 11 is 0. The van der Waals surface area contributed by atoms with Gasteiger partial charge in [-0.05, 0) is 116 Å². The number of carbonyl (C=O) groups is 3. The SMILES string of the molecule is CCCCC/C=C/C/C=C/C/C=C/CCCCCCC(=O)OC[C@@H](COC(=O)CCCCCCC/C=C/CCCCCC)OC(=O)CCCCCCCCC/C=C/C/C=C/CCCCC. The summed E-state index contributed by atoms with van der Waals surface area (Å²) in [6.07, 6.45) is 67.3. The summed E-state index contributed by atoms with van der Waals surface area (Å²) in [7, 11) is 0. The molecule has 0 aliphatic heterocycles. The Bertz CT molecular complexity index is 1230. The molecule has 0 unspecified atom stereocenters. The number of unbranched alkanes of at least 4 members (excludes halogenated alkanes) is 26. The first-order valence-corrected chi connectivity index (χ1v) is 27.4. The fourth-order valence-corrected chi connectivity index (χ4v) is 7.47. The Labute approximate surface area is 402 Å². The average Bonchev–Trinajstić information content (AvgIpc) is 3.30. The Morgan fingerprint density at radius 1 is 0.308 bits per heavy atom. The zero-order chi connectivity index (χ0) is 47.2. The minimum atomic E-state index is -0.792. The molecule has 6 heteroatoms. The van der Waals surface area contributed by atoms with Crippen LogP contribution in [0.2, 0.25) is 0 Å². The van der Waals surface area contributed by atoms with E-state index in [2.05, 4.69) is 93.7 Å². The molecule has 0 aliphatic rings. The fraction of sp³-hybridized carbons (Fsp3) is 0.746. The zero-order valence-electron chi connectivity index (χ0n) is 42.7. The second kappa shape index (κ2) is 53.5. The number of hydrogen-bond acceptors (Lipinski definition) is 6. The standard InChI is InChI=1S/C59H102O6/c1-4-7-10-13-16-19-22-25-27-29-31-34-37-40-43-46-49-52-58(61)64-55-56(54-63-57(60)51-48-45-42-39-36-33-24-21-18-15-12-9-6-3)65-59(62)53-50-47-44-41-38-35-32-30-28-26-23-20-17-14-11-8-5-2/h16-17,19-21,24-28,31,34,56H,4-15,18,22-23,29-30,32-33,35-55H2,1-3H3/b19-16+,20-17+,24-21+,27-25+,28-26+,34-31+/t56-/m1/s1. The van der Waals surface area contributed by atoms with Gasteiger partial charge < -0.3 is 14.2 Å². The van der Waals surface area contributed by atoms with Crippen molar-refractivity contribution in [3.63, 3.8) is 0 Å². The molecule has 0 radical (unpaired) electrons. The fourth-order valence-electron chi connectivity index (χ4n) is 7.47. The summed E-state index contributed by atoms with van der Waals surface area (Å²) in [5, 5.41) is 0. The van der Waals surface area contributed by atoms with Crippen LogP contribution in [0.3, 0.4) is 0 Å². The molecule has 0 fully saturated rings. The predicted octanol–water partition coefficient (Wildman–Crippen LogP) is 18.2. The maximum atomic E-state index is 12.8. The highest BCUT2D eigenvalue weighted by atomic mass is 16.6. The van der Waals surface area contributed by atoms with Gasteiger partial charge in [0.15, 0.2) is 6.10 Å². The number of rotatable bonds is 49. The quantitative estimate of drug-likeness (QED) is 0.0262. The van der Waals surface area contributed by atoms with Gasteiger partial charge >= 0.3 is 17.9 Å². The second-order valence-electron chi connectivity index (χ2n) is 18.1. The highest BCUT2D eigenvalue weighted by Gasteiger charge is 2.19. The van der Waals surface area contributed by atoms with Crippen LogP contribution in [0.5, 0.6) is 0 Å². The lowest BCUT2D eigenvalue weighted by atomic mass is 10.1. The van der Waals surface area contributed by atoms with Crippen LogP contribution in [0, 0.1) is 0 Å². The molecule has 0 aromatic rings. The summed E-state index contributed by atoms with van der Waals surface area (Å²) in [4.78, 5) is 38.1. The van der Waals surface area contributed by atoms with Crippen molar-refractivity contribution in [3.05, 3.63) is 72.9 Å². The molecule has 6 nitrogen and oxygen atoms in total. The number of esters is 3. The van der Waals surface area contributed by atoms with E-state index in [1.54, 1.807) is 0 Å². The largest absolute Gasteiger partial charge is 0.462 e. The van der Waals surface area contributed by atoms with Gasteiger partial charge in [0.2, 0.25) is 0 Å². The minimum Gasteiger partial charge on any atom is -0.462 e. The third kappa shape index (κ3) is 51.7. The molecule has 0 N–H and O–H groups in total. The van der Waals surface area contributed by atoms with Crippen molar-refractivity contribution in [1.29, 1.82) is 0 Å². The van der Waals surface area contributed by atoms with Crippen molar-refractivity contribution in [3.8, 4) is 0 Å². The van der Waals surface area contributed by atoms with Crippen LogP contribution in [0.25, 0.3) is 0 Å². The summed E-state index contributed by atoms with van der Waals surface area (Å²) in [5.74, 6) is -0.924. The molecule has 374 valence electrons. The molecule has 1 atom stereocenters. The van der Waals surface area contributed by atoms with Gasteiger partial charge in [0, 0.05) is 19.3 Å². The van der Waals surface area contributed by atoms with Gasteiger partial charge in [0.1, 0.15) is 13.2 Å². The van der Waals surface area contributed by atoms with Crippen molar-refractivity contribution < 1.29 is 28.6 Å². The number of allylic oxidation sites excluding steroid dienone is 12. The zero-order valence-corrected chi connectivity index (χ0v) is 42.7. The molecule has 0 spiro atoms. The van der Waals surface area contributed by atoms with E-state index in [1.165, 1.54) is 122 Å². The molecule has 0 rings (SSSR count). The normalized spacial score (nSPS) is 12.6. The van der Waals surface area contributed by atoms with Crippen LogP contribution >= 0.6 is 0 Å². The summed E-state index contributed by atoms with van der Waals surface area (Å²) in [6, 6.07) is 0. The van der Waals surface area contributed by atoms with Crippen LogP contribution in [0.4, 0.5) is 0 Å². The van der Waals surface area contributed by atoms with Gasteiger partial charge in [-0.2, -0.15) is 0 Å². The Balaban J connectivity index is 4.44. The third-order valence-corrected chi connectivity index (χ3v) is 11.7. The molecular weight excluding hydrogens is 805 g/mol. The highest BCUT2D eigenvalue weighted by Crippen LogP contribution is 2.14. The van der Waals surface area contributed by atoms with E-state index < -0.39 is 6.10 Å². The van der Waals surface area contributed by atoms with E-state index in [4.69, 9.17) is 14.2 Å². The topological polar surface area (TPSA) is 78.9 Å². The van der Waals surface area contributed by atoms with Crippen molar-refractivity contribution in [2.75, 3.05) is 13.2 Å². The number of hydrogen-bond donors (Lipinski definition) is 0. The molecule has 0 aromatic heterocycles. The molecule has 0 aromatic carbocycles. The maximum absolute atomic E-state index is 12.8. The monoisotopic (exact) mass is 907 g/mol. The van der Waals surface area contributed by atoms with Gasteiger partial charge in [0.25, 0.3) is 0 Å². The van der Waals surface area contributed by atoms with Crippen molar-refractivity contribution in [1.82, 2.24) is 0 Å². The third-order valence-electron chi connectivity index (χ3n) is 11.7. The molecule has 0 aliphatic carbocycles. The molecular formula is C59H102O6. The second-order valence-corrected chi connectivity index (χ2v) is 18.1. The van der Waals surface area contributed by atoms with Crippen LogP contribution in [0.1, 0.15) is 265 Å². The predicted molar refractivity (Wildman–Crippen MR) is 279 cm³/mol. The maximum Gasteiger partial charge on any atom is 0.306 e. The van der Waals surface area contributed by atoms with E-state index >= 15 is 0 Å². The first-order chi connectivity index (χ1) is 32.0. The molecule has 0 bridgehead atoms. The Morgan fingerprint density at radius 3 is 0.908 bits per heavy atom. The van der Waals surface area contributed by atoms with Crippen LogP contribution in [-0.4, -0.2) is 37.2 Å². The van der Waals surface area contributed by atoms with E-state index in [0.717, 1.165) is 103 Å². The molecule has 65 heavy (non-hydrogen) atoms. The average molecular weight is 907 g/mol. The Kier molecular flexibility index (Phi) is 50.9. The summed E-state index contributed by atoms with van der Waals surface area (Å²) in [5.41, 5.74) is 0. The lowest BCUT2D eigenvalue weighted by molar-refractivity contribution is -0.167. The number of carbonyl (C=O) groups excluding carboxylic acids is 3. The van der Waals surface area contributed by atoms with Crippen LogP contribution in [-0.2, 0) is 28.6 Å². The Hall–Kier alpha value is -3.15. The van der Waals surface area contributed by atoms with E-state index in [1.807, 2.05) is 0 Å². The molecule has 0 heterocycles. The molecule has 0 saturated carbocycles. The smallest absolute Gasteiger partial charge is 0.306 e. The van der Waals surface area contributed by atoms with Crippen molar-refractivity contribution in [2.24, 2.45) is 0 Å². The summed E-state index contributed by atoms with van der Waals surface area (Å²) < 4.78 is 16.8. The molecule has 0 saturated heterocycles. The minimum absolute atomic E-state index is 0.0902. The molecule has 0 amide bonds. The summed E-state index contributed by atoms with van der Waals surface area (Å²) in [6.45, 7) is 6.55. The van der Waals surface area contributed by atoms with E-state index in [-0.39, 0.29) is 31.1 Å². The van der Waals surface area contributed by atoms with Crippen molar-refractivity contribution >= 4 is 17.9 Å². The van der Waals surface area contributed by atoms with E-state index in [9.17, 15) is 14.4 Å². The van der Waals surface area contributed by atoms with Gasteiger partial charge in [-0.1, -0.05) is 203 Å². The van der Waals surface area contributed by atoms with Crippen LogP contribution in [0.15, 0.2) is 72.9 Å². The van der Waals surface area contributed by atoms with E-state index in [0.29, 0.717) is 19.3 Å². The van der Waals surface area contributed by atoms with Crippen LogP contribution < -0.4 is 0 Å². The lowest BCUT2D eigenvalue weighted by Gasteiger charge is -2.18. The highest BCUT2D eigenvalue weighted by molar-refractivity contribution is 5.71. The Morgan fingerprint density at radius 2 is 0.554 bits per heavy atom. The lowest BCUT2D eigenvalue weighted by Crippen LogP contribution is -2.30. The van der Waals surface area contributed by atoms with Crippen molar-refractivity contribution in [2.45, 2.75) is 271 Å². The first kappa shape index (κ1) is 61.9.